The van der Waals surface area contributed by atoms with Crippen molar-refractivity contribution in [3.8, 4) is 5.75 Å². The Hall–Kier alpha value is -2.00. The van der Waals surface area contributed by atoms with Crippen LogP contribution in [-0.2, 0) is 11.3 Å². The zero-order valence-corrected chi connectivity index (χ0v) is 13.1. The molecule has 0 bridgehead atoms. The molecule has 3 rings (SSSR count). The van der Waals surface area contributed by atoms with Crippen molar-refractivity contribution in [3.05, 3.63) is 60.2 Å². The number of methoxy groups -OCH3 is 1. The summed E-state index contributed by atoms with van der Waals surface area (Å²) < 4.78 is 10.8. The van der Waals surface area contributed by atoms with Gasteiger partial charge in [0.25, 0.3) is 0 Å². The summed E-state index contributed by atoms with van der Waals surface area (Å²) in [5.74, 6) is 1.51. The summed E-state index contributed by atoms with van der Waals surface area (Å²) >= 11 is 0. The Bertz CT molecular complexity index is 562. The number of rotatable bonds is 6. The quantitative estimate of drug-likeness (QED) is 0.811. The molecular formula is C19H23NO2. The second-order valence-corrected chi connectivity index (χ2v) is 5.79. The van der Waals surface area contributed by atoms with Gasteiger partial charge in [0.15, 0.2) is 0 Å². The van der Waals surface area contributed by atoms with Gasteiger partial charge in [-0.05, 0) is 36.2 Å². The summed E-state index contributed by atoms with van der Waals surface area (Å²) in [5, 5.41) is 0. The average Bonchev–Trinajstić information content (AvgIpc) is 3.08. The molecule has 0 radical (unpaired) electrons. The summed E-state index contributed by atoms with van der Waals surface area (Å²) in [6.45, 7) is 3.72. The van der Waals surface area contributed by atoms with Gasteiger partial charge in [-0.1, -0.05) is 30.3 Å². The van der Waals surface area contributed by atoms with Gasteiger partial charge in [-0.25, -0.2) is 0 Å². The third kappa shape index (κ3) is 3.80. The Kier molecular flexibility index (Phi) is 4.96. The molecule has 0 spiro atoms. The van der Waals surface area contributed by atoms with Crippen LogP contribution in [0.25, 0.3) is 0 Å². The number of hydrogen-bond acceptors (Lipinski definition) is 3. The van der Waals surface area contributed by atoms with Crippen LogP contribution >= 0.6 is 0 Å². The van der Waals surface area contributed by atoms with Crippen LogP contribution in [0, 0.1) is 5.92 Å². The molecule has 1 aliphatic heterocycles. The average molecular weight is 297 g/mol. The van der Waals surface area contributed by atoms with Crippen molar-refractivity contribution in [1.82, 2.24) is 0 Å². The van der Waals surface area contributed by atoms with Crippen molar-refractivity contribution < 1.29 is 9.47 Å². The molecule has 1 saturated heterocycles. The molecule has 2 aromatic rings. The van der Waals surface area contributed by atoms with Crippen molar-refractivity contribution >= 4 is 5.69 Å². The summed E-state index contributed by atoms with van der Waals surface area (Å²) in [6, 6.07) is 18.9. The van der Waals surface area contributed by atoms with Crippen LogP contribution in [0.2, 0.25) is 0 Å². The maximum Gasteiger partial charge on any atom is 0.119 e. The SMILES string of the molecule is COc1ccc(N(Cc2ccccc2)CC2CCOC2)cc1. The van der Waals surface area contributed by atoms with E-state index in [1.165, 1.54) is 11.3 Å². The number of ether oxygens (including phenoxy) is 2. The van der Waals surface area contributed by atoms with Crippen LogP contribution in [0.3, 0.4) is 0 Å². The van der Waals surface area contributed by atoms with E-state index in [-0.39, 0.29) is 0 Å². The third-order valence-corrected chi connectivity index (χ3v) is 4.16. The highest BCUT2D eigenvalue weighted by atomic mass is 16.5. The fraction of sp³-hybridized carbons (Fsp3) is 0.368. The molecule has 22 heavy (non-hydrogen) atoms. The second kappa shape index (κ2) is 7.32. The molecule has 1 heterocycles. The highest BCUT2D eigenvalue weighted by Crippen LogP contribution is 2.24. The molecule has 0 aliphatic carbocycles. The smallest absolute Gasteiger partial charge is 0.119 e. The van der Waals surface area contributed by atoms with Crippen molar-refractivity contribution in [3.63, 3.8) is 0 Å². The van der Waals surface area contributed by atoms with Gasteiger partial charge in [0.1, 0.15) is 5.75 Å². The van der Waals surface area contributed by atoms with Crippen molar-refractivity contribution in [2.45, 2.75) is 13.0 Å². The van der Waals surface area contributed by atoms with E-state index in [1.54, 1.807) is 7.11 Å². The van der Waals surface area contributed by atoms with E-state index in [1.807, 2.05) is 12.1 Å². The molecule has 0 amide bonds. The van der Waals surface area contributed by atoms with Crippen LogP contribution in [0.4, 0.5) is 5.69 Å². The maximum absolute atomic E-state index is 5.53. The first kappa shape index (κ1) is 14.9. The summed E-state index contributed by atoms with van der Waals surface area (Å²) in [5.41, 5.74) is 2.56. The van der Waals surface area contributed by atoms with Crippen LogP contribution in [0.15, 0.2) is 54.6 Å². The molecule has 1 fully saturated rings. The lowest BCUT2D eigenvalue weighted by molar-refractivity contribution is 0.186. The summed E-state index contributed by atoms with van der Waals surface area (Å²) in [4.78, 5) is 2.44. The van der Waals surface area contributed by atoms with Gasteiger partial charge < -0.3 is 14.4 Å². The van der Waals surface area contributed by atoms with Crippen molar-refractivity contribution in [2.75, 3.05) is 31.8 Å². The van der Waals surface area contributed by atoms with Gasteiger partial charge in [0, 0.05) is 31.3 Å². The molecule has 0 N–H and O–H groups in total. The fourth-order valence-electron chi connectivity index (χ4n) is 2.90. The van der Waals surface area contributed by atoms with Crippen LogP contribution < -0.4 is 9.64 Å². The van der Waals surface area contributed by atoms with Gasteiger partial charge in [0.2, 0.25) is 0 Å². The fourth-order valence-corrected chi connectivity index (χ4v) is 2.90. The normalized spacial score (nSPS) is 17.4. The Morgan fingerprint density at radius 3 is 2.50 bits per heavy atom. The lowest BCUT2D eigenvalue weighted by Crippen LogP contribution is -2.29. The van der Waals surface area contributed by atoms with Gasteiger partial charge in [-0.2, -0.15) is 0 Å². The monoisotopic (exact) mass is 297 g/mol. The van der Waals surface area contributed by atoms with E-state index in [0.717, 1.165) is 38.5 Å². The molecule has 3 heteroatoms. The summed E-state index contributed by atoms with van der Waals surface area (Å²) in [6.07, 6.45) is 1.15. The molecule has 3 nitrogen and oxygen atoms in total. The highest BCUT2D eigenvalue weighted by Gasteiger charge is 2.19. The van der Waals surface area contributed by atoms with Crippen molar-refractivity contribution in [2.24, 2.45) is 5.92 Å². The molecule has 0 saturated carbocycles. The van der Waals surface area contributed by atoms with E-state index < -0.39 is 0 Å². The highest BCUT2D eigenvalue weighted by molar-refractivity contribution is 5.49. The molecule has 1 atom stereocenters. The number of benzene rings is 2. The van der Waals surface area contributed by atoms with Crippen molar-refractivity contribution in [1.29, 1.82) is 0 Å². The number of nitrogens with zero attached hydrogens (tertiary/aromatic N) is 1. The van der Waals surface area contributed by atoms with Crippen LogP contribution in [-0.4, -0.2) is 26.9 Å². The Labute approximate surface area is 132 Å². The summed E-state index contributed by atoms with van der Waals surface area (Å²) in [7, 11) is 1.70. The lowest BCUT2D eigenvalue weighted by atomic mass is 10.1. The van der Waals surface area contributed by atoms with E-state index >= 15 is 0 Å². The molecule has 2 aromatic carbocycles. The van der Waals surface area contributed by atoms with Gasteiger partial charge in [-0.3, -0.25) is 0 Å². The second-order valence-electron chi connectivity index (χ2n) is 5.79. The zero-order chi connectivity index (χ0) is 15.2. The van der Waals surface area contributed by atoms with E-state index in [2.05, 4.69) is 47.4 Å². The molecule has 0 aromatic heterocycles. The van der Waals surface area contributed by atoms with Gasteiger partial charge >= 0.3 is 0 Å². The third-order valence-electron chi connectivity index (χ3n) is 4.16. The minimum Gasteiger partial charge on any atom is -0.497 e. The lowest BCUT2D eigenvalue weighted by Gasteiger charge is -2.27. The molecule has 1 aliphatic rings. The first-order valence-corrected chi connectivity index (χ1v) is 7.86. The Morgan fingerprint density at radius 1 is 1.09 bits per heavy atom. The first-order valence-electron chi connectivity index (χ1n) is 7.86. The standard InChI is InChI=1S/C19H23NO2/c1-21-19-9-7-18(8-10-19)20(14-17-11-12-22-15-17)13-16-5-3-2-4-6-16/h2-10,17H,11-15H2,1H3. The number of hydrogen-bond donors (Lipinski definition) is 0. The van der Waals surface area contributed by atoms with E-state index in [0.29, 0.717) is 5.92 Å². The Balaban J connectivity index is 1.77. The van der Waals surface area contributed by atoms with Gasteiger partial charge in [0.05, 0.1) is 13.7 Å². The maximum atomic E-state index is 5.53. The molecular weight excluding hydrogens is 274 g/mol. The predicted octanol–water partition coefficient (Wildman–Crippen LogP) is 3.74. The van der Waals surface area contributed by atoms with Crippen LogP contribution in [0.1, 0.15) is 12.0 Å². The topological polar surface area (TPSA) is 21.7 Å². The minimum absolute atomic E-state index is 0.616. The Morgan fingerprint density at radius 2 is 1.86 bits per heavy atom. The minimum atomic E-state index is 0.616. The van der Waals surface area contributed by atoms with E-state index in [4.69, 9.17) is 9.47 Å². The number of anilines is 1. The zero-order valence-electron chi connectivity index (χ0n) is 13.1. The largest absolute Gasteiger partial charge is 0.497 e. The molecule has 116 valence electrons. The first-order chi connectivity index (χ1) is 10.8. The predicted molar refractivity (Wildman–Crippen MR) is 89.4 cm³/mol. The van der Waals surface area contributed by atoms with Gasteiger partial charge in [-0.15, -0.1) is 0 Å². The van der Waals surface area contributed by atoms with Crippen LogP contribution in [0.5, 0.6) is 5.75 Å². The van der Waals surface area contributed by atoms with E-state index in [9.17, 15) is 0 Å². The molecule has 1 unspecified atom stereocenters.